The predicted octanol–water partition coefficient (Wildman–Crippen LogP) is 2.51. The van der Waals surface area contributed by atoms with Gasteiger partial charge < -0.3 is 0 Å². The number of aryl methyl sites for hydroxylation is 1. The third kappa shape index (κ3) is 2.80. The molecule has 97 valence electrons. The maximum atomic E-state index is 2.32. The van der Waals surface area contributed by atoms with Crippen molar-refractivity contribution in [1.29, 1.82) is 0 Å². The predicted molar refractivity (Wildman–Crippen MR) is 88.7 cm³/mol. The van der Waals surface area contributed by atoms with Crippen LogP contribution >= 0.6 is 0 Å². The van der Waals surface area contributed by atoms with E-state index >= 15 is 0 Å². The van der Waals surface area contributed by atoms with Gasteiger partial charge in [0.05, 0.1) is 0 Å². The van der Waals surface area contributed by atoms with Gasteiger partial charge in [0.2, 0.25) is 0 Å². The normalized spacial score (nSPS) is 10.7. The van der Waals surface area contributed by atoms with Crippen LogP contribution in [0.15, 0.2) is 84.9 Å². The average Bonchev–Trinajstić information content (AvgIpc) is 2.52. The zero-order valence-corrected chi connectivity index (χ0v) is 14.4. The van der Waals surface area contributed by atoms with E-state index in [9.17, 15) is 0 Å². The Morgan fingerprint density at radius 2 is 1.00 bits per heavy atom. The Labute approximate surface area is 127 Å². The number of benzene rings is 3. The second-order valence-electron chi connectivity index (χ2n) is 4.92. The van der Waals surface area contributed by atoms with Crippen LogP contribution in [0.2, 0.25) is 0 Å². The Balaban J connectivity index is 2.17. The minimum atomic E-state index is -2.04. The molecule has 0 unspecified atom stereocenters. The van der Waals surface area contributed by atoms with E-state index < -0.39 is 19.8 Å². The van der Waals surface area contributed by atoms with Gasteiger partial charge in [0.25, 0.3) is 0 Å². The Morgan fingerprint density at radius 1 is 0.550 bits per heavy atom. The molecule has 0 spiro atoms. The topological polar surface area (TPSA) is 0 Å². The molecule has 0 N–H and O–H groups in total. The van der Waals surface area contributed by atoms with Gasteiger partial charge in [0.1, 0.15) is 0 Å². The fourth-order valence-corrected chi connectivity index (χ4v) is 10.4. The molecule has 0 saturated carbocycles. The molecule has 0 aliphatic rings. The molecule has 1 radical (unpaired) electrons. The van der Waals surface area contributed by atoms with Crippen LogP contribution in [-0.4, -0.2) is 19.8 Å². The first-order chi connectivity index (χ1) is 9.86. The van der Waals surface area contributed by atoms with Crippen LogP contribution in [0, 0.1) is 6.92 Å². The minimum absolute atomic E-state index is 1.43. The molecule has 0 atom stereocenters. The number of hydrogen-bond donors (Lipinski definition) is 0. The second kappa shape index (κ2) is 6.27. The molecule has 3 aromatic carbocycles. The molecule has 0 aliphatic heterocycles. The van der Waals surface area contributed by atoms with Crippen LogP contribution in [0.4, 0.5) is 0 Å². The maximum absolute atomic E-state index is 2.32. The molecular formula is C19H17Sn. The summed E-state index contributed by atoms with van der Waals surface area (Å²) in [6.07, 6.45) is 0. The van der Waals surface area contributed by atoms with Crippen molar-refractivity contribution in [2.45, 2.75) is 6.92 Å². The van der Waals surface area contributed by atoms with E-state index in [-0.39, 0.29) is 0 Å². The van der Waals surface area contributed by atoms with Crippen LogP contribution in [0.1, 0.15) is 5.56 Å². The van der Waals surface area contributed by atoms with Gasteiger partial charge in [-0.2, -0.15) is 0 Å². The summed E-state index contributed by atoms with van der Waals surface area (Å²) in [4.78, 5) is 0. The molecule has 0 nitrogen and oxygen atoms in total. The number of rotatable bonds is 3. The monoisotopic (exact) mass is 365 g/mol. The van der Waals surface area contributed by atoms with Crippen LogP contribution in [0.25, 0.3) is 0 Å². The summed E-state index contributed by atoms with van der Waals surface area (Å²) in [5.74, 6) is 0. The molecule has 3 rings (SSSR count). The summed E-state index contributed by atoms with van der Waals surface area (Å²) >= 11 is -2.04. The van der Waals surface area contributed by atoms with Crippen molar-refractivity contribution in [3.63, 3.8) is 0 Å². The van der Waals surface area contributed by atoms with E-state index in [1.54, 1.807) is 3.58 Å². The first-order valence-electron chi connectivity index (χ1n) is 6.90. The van der Waals surface area contributed by atoms with E-state index in [2.05, 4.69) is 91.9 Å². The summed E-state index contributed by atoms with van der Waals surface area (Å²) in [7, 11) is 0. The molecule has 0 aromatic heterocycles. The SMILES string of the molecule is Cc1cccc[c]1[Sn]([c]1ccccc1)[c]1ccccc1. The van der Waals surface area contributed by atoms with Crippen molar-refractivity contribution in [2.24, 2.45) is 0 Å². The van der Waals surface area contributed by atoms with Gasteiger partial charge in [-0.25, -0.2) is 0 Å². The average molecular weight is 364 g/mol. The zero-order valence-electron chi connectivity index (χ0n) is 11.6. The summed E-state index contributed by atoms with van der Waals surface area (Å²) in [6, 6.07) is 30.9. The van der Waals surface area contributed by atoms with E-state index in [1.807, 2.05) is 0 Å². The van der Waals surface area contributed by atoms with Crippen LogP contribution in [-0.2, 0) is 0 Å². The molecular weight excluding hydrogens is 347 g/mol. The van der Waals surface area contributed by atoms with Crippen molar-refractivity contribution in [3.05, 3.63) is 90.5 Å². The molecule has 0 amide bonds. The van der Waals surface area contributed by atoms with Gasteiger partial charge in [-0.05, 0) is 0 Å². The Morgan fingerprint density at radius 3 is 1.50 bits per heavy atom. The molecule has 0 aliphatic carbocycles. The Bertz CT molecular complexity index is 635. The number of hydrogen-bond acceptors (Lipinski definition) is 0. The van der Waals surface area contributed by atoms with Crippen LogP contribution in [0.3, 0.4) is 0 Å². The van der Waals surface area contributed by atoms with E-state index in [1.165, 1.54) is 12.7 Å². The van der Waals surface area contributed by atoms with Gasteiger partial charge in [0.15, 0.2) is 0 Å². The Kier molecular flexibility index (Phi) is 4.22. The molecule has 20 heavy (non-hydrogen) atoms. The van der Waals surface area contributed by atoms with Crippen molar-refractivity contribution >= 4 is 30.5 Å². The van der Waals surface area contributed by atoms with Crippen LogP contribution < -0.4 is 10.7 Å². The van der Waals surface area contributed by atoms with E-state index in [0.29, 0.717) is 0 Å². The van der Waals surface area contributed by atoms with Crippen molar-refractivity contribution < 1.29 is 0 Å². The fraction of sp³-hybridized carbons (Fsp3) is 0.0526. The van der Waals surface area contributed by atoms with Gasteiger partial charge in [-0.3, -0.25) is 0 Å². The standard InChI is InChI=1S/C7H7.2C6H5.Sn/c1-7-5-3-2-4-6-7;2*1-2-4-6-5-3-1;/h2-5H,1H3;2*1-5H;. The molecule has 1 heteroatoms. The molecule has 0 heterocycles. The quantitative estimate of drug-likeness (QED) is 0.627. The second-order valence-corrected chi connectivity index (χ2v) is 11.9. The summed E-state index contributed by atoms with van der Waals surface area (Å²) in [6.45, 7) is 2.24. The van der Waals surface area contributed by atoms with Gasteiger partial charge in [-0.15, -0.1) is 0 Å². The first kappa shape index (κ1) is 13.4. The summed E-state index contributed by atoms with van der Waals surface area (Å²) in [5, 5.41) is 0. The first-order valence-corrected chi connectivity index (χ1v) is 11.2. The van der Waals surface area contributed by atoms with Crippen molar-refractivity contribution in [3.8, 4) is 0 Å². The fourth-order valence-electron chi connectivity index (χ4n) is 2.54. The zero-order chi connectivity index (χ0) is 13.8. The van der Waals surface area contributed by atoms with Crippen molar-refractivity contribution in [1.82, 2.24) is 0 Å². The van der Waals surface area contributed by atoms with Gasteiger partial charge >= 0.3 is 128 Å². The van der Waals surface area contributed by atoms with E-state index in [4.69, 9.17) is 0 Å². The summed E-state index contributed by atoms with van der Waals surface area (Å²) < 4.78 is 4.65. The Hall–Kier alpha value is -1.54. The molecule has 0 bridgehead atoms. The summed E-state index contributed by atoms with van der Waals surface area (Å²) in [5.41, 5.74) is 1.43. The van der Waals surface area contributed by atoms with Crippen LogP contribution in [0.5, 0.6) is 0 Å². The van der Waals surface area contributed by atoms with E-state index in [0.717, 1.165) is 0 Å². The molecule has 0 fully saturated rings. The van der Waals surface area contributed by atoms with Crippen molar-refractivity contribution in [2.75, 3.05) is 0 Å². The third-order valence-corrected chi connectivity index (χ3v) is 11.9. The van der Waals surface area contributed by atoms with Gasteiger partial charge in [0, 0.05) is 0 Å². The third-order valence-electron chi connectivity index (χ3n) is 3.54. The van der Waals surface area contributed by atoms with Gasteiger partial charge in [-0.1, -0.05) is 0 Å². The molecule has 0 saturated heterocycles. The molecule has 3 aromatic rings.